The van der Waals surface area contributed by atoms with E-state index in [-0.39, 0.29) is 11.8 Å². The van der Waals surface area contributed by atoms with Gasteiger partial charge in [-0.25, -0.2) is 4.98 Å². The number of amides is 1. The monoisotopic (exact) mass is 265 g/mol. The first-order valence-electron chi connectivity index (χ1n) is 5.29. The van der Waals surface area contributed by atoms with Gasteiger partial charge in [0.2, 0.25) is 5.91 Å². The molecule has 3 rings (SSSR count). The summed E-state index contributed by atoms with van der Waals surface area (Å²) in [6.07, 6.45) is 0.513. The summed E-state index contributed by atoms with van der Waals surface area (Å²) in [6.45, 7) is 0. The predicted molar refractivity (Wildman–Crippen MR) is 71.1 cm³/mol. The van der Waals surface area contributed by atoms with Crippen molar-refractivity contribution in [3.8, 4) is 0 Å². The van der Waals surface area contributed by atoms with E-state index in [4.69, 9.17) is 0 Å². The van der Waals surface area contributed by atoms with Crippen molar-refractivity contribution in [2.24, 2.45) is 0 Å². The van der Waals surface area contributed by atoms with Crippen molar-refractivity contribution in [3.63, 3.8) is 0 Å². The number of nitrogens with zero attached hydrogens (tertiary/aromatic N) is 1. The molecule has 0 radical (unpaired) electrons. The summed E-state index contributed by atoms with van der Waals surface area (Å²) in [4.78, 5) is 18.4. The van der Waals surface area contributed by atoms with Gasteiger partial charge in [-0.15, -0.1) is 11.3 Å². The highest BCUT2D eigenvalue weighted by molar-refractivity contribution is 7.16. The Bertz CT molecular complexity index is 547. The van der Waals surface area contributed by atoms with E-state index in [1.807, 2.05) is 18.5 Å². The van der Waals surface area contributed by atoms with Crippen LogP contribution in [0.1, 0.15) is 22.1 Å². The second-order valence-electron chi connectivity index (χ2n) is 3.80. The number of nitrogens with one attached hydrogen (secondary N) is 2. The van der Waals surface area contributed by atoms with Gasteiger partial charge in [-0.05, 0) is 11.4 Å². The molecule has 2 N–H and O–H groups in total. The van der Waals surface area contributed by atoms with Crippen LogP contribution in [0, 0.1) is 0 Å². The molecule has 2 aromatic rings. The number of hydrogen-bond acceptors (Lipinski definition) is 5. The molecule has 1 atom stereocenters. The molecule has 4 nitrogen and oxygen atoms in total. The zero-order chi connectivity index (χ0) is 11.8. The summed E-state index contributed by atoms with van der Waals surface area (Å²) >= 11 is 3.30. The average Bonchev–Trinajstić information content (AvgIpc) is 2.96. The Hall–Kier alpha value is -1.40. The normalized spacial score (nSPS) is 18.6. The fourth-order valence-electron chi connectivity index (χ4n) is 1.95. The summed E-state index contributed by atoms with van der Waals surface area (Å²) in [7, 11) is 1.84. The predicted octanol–water partition coefficient (Wildman–Crippen LogP) is 2.72. The van der Waals surface area contributed by atoms with E-state index in [1.54, 1.807) is 22.7 Å². The van der Waals surface area contributed by atoms with Gasteiger partial charge in [0.1, 0.15) is 5.82 Å². The maximum Gasteiger partial charge on any atom is 0.226 e. The van der Waals surface area contributed by atoms with Crippen LogP contribution in [0.25, 0.3) is 0 Å². The summed E-state index contributed by atoms with van der Waals surface area (Å²) < 4.78 is 0. The van der Waals surface area contributed by atoms with Crippen LogP contribution in [0.15, 0.2) is 17.5 Å². The third-order valence-corrected chi connectivity index (χ3v) is 4.89. The second-order valence-corrected chi connectivity index (χ2v) is 5.81. The summed E-state index contributed by atoms with van der Waals surface area (Å²) in [5.74, 6) is 0.927. The molecule has 1 amide bonds. The molecule has 1 aliphatic rings. The minimum Gasteiger partial charge on any atom is -0.365 e. The first-order chi connectivity index (χ1) is 8.28. The van der Waals surface area contributed by atoms with Crippen molar-refractivity contribution in [3.05, 3.63) is 27.3 Å². The summed E-state index contributed by atoms with van der Waals surface area (Å²) in [5.41, 5.74) is 0. The van der Waals surface area contributed by atoms with Gasteiger partial charge in [0, 0.05) is 24.3 Å². The highest BCUT2D eigenvalue weighted by atomic mass is 32.1. The first-order valence-corrected chi connectivity index (χ1v) is 6.99. The Kier molecular flexibility index (Phi) is 2.60. The molecule has 0 aromatic carbocycles. The van der Waals surface area contributed by atoms with E-state index in [9.17, 15) is 4.79 Å². The Morgan fingerprint density at radius 3 is 3.18 bits per heavy atom. The fraction of sp³-hybridized carbons (Fsp3) is 0.273. The van der Waals surface area contributed by atoms with Crippen molar-refractivity contribution < 1.29 is 4.79 Å². The molecule has 1 aliphatic heterocycles. The number of thiazole rings is 1. The van der Waals surface area contributed by atoms with E-state index in [0.717, 1.165) is 10.0 Å². The van der Waals surface area contributed by atoms with Gasteiger partial charge in [-0.3, -0.25) is 4.79 Å². The number of carbonyl (C=O) groups is 1. The highest BCUT2D eigenvalue weighted by Gasteiger charge is 2.30. The van der Waals surface area contributed by atoms with Gasteiger partial charge in [0.25, 0.3) is 0 Å². The molecule has 0 aliphatic carbocycles. The molecule has 0 unspecified atom stereocenters. The lowest BCUT2D eigenvalue weighted by atomic mass is 9.98. The minimum absolute atomic E-state index is 0.0452. The Balaban J connectivity index is 2.07. The Morgan fingerprint density at radius 1 is 1.59 bits per heavy atom. The molecule has 0 saturated carbocycles. The second kappa shape index (κ2) is 4.12. The van der Waals surface area contributed by atoms with Crippen LogP contribution < -0.4 is 10.6 Å². The van der Waals surface area contributed by atoms with E-state index < -0.39 is 0 Å². The number of fused-ring (bicyclic) bond motifs is 1. The molecule has 3 heterocycles. The van der Waals surface area contributed by atoms with Crippen molar-refractivity contribution in [2.45, 2.75) is 12.3 Å². The average molecular weight is 265 g/mol. The van der Waals surface area contributed by atoms with E-state index in [0.29, 0.717) is 12.2 Å². The Morgan fingerprint density at radius 2 is 2.47 bits per heavy atom. The number of hydrogen-bond donors (Lipinski definition) is 2. The SMILES string of the molecule is CNc1nc2c(s1)[C@H](c1cccs1)CC(=O)N2. The summed E-state index contributed by atoms with van der Waals surface area (Å²) in [5, 5.41) is 8.75. The van der Waals surface area contributed by atoms with Crippen LogP contribution in [-0.2, 0) is 4.79 Å². The molecule has 0 fully saturated rings. The van der Waals surface area contributed by atoms with Crippen LogP contribution >= 0.6 is 22.7 Å². The fourth-order valence-corrected chi connectivity index (χ4v) is 3.85. The van der Waals surface area contributed by atoms with Gasteiger partial charge in [-0.1, -0.05) is 17.4 Å². The lowest BCUT2D eigenvalue weighted by Gasteiger charge is -2.19. The van der Waals surface area contributed by atoms with Gasteiger partial charge in [0.05, 0.1) is 4.88 Å². The standard InChI is InChI=1S/C11H11N3OS2/c1-12-11-14-10-9(17-11)6(5-8(15)13-10)7-3-2-4-16-7/h2-4,6H,5H2,1H3,(H,12,14)(H,13,15)/t6-/m0/s1. The van der Waals surface area contributed by atoms with Crippen LogP contribution in [0.5, 0.6) is 0 Å². The number of carbonyl (C=O) groups excluding carboxylic acids is 1. The molecule has 0 spiro atoms. The van der Waals surface area contributed by atoms with Crippen LogP contribution in [0.2, 0.25) is 0 Å². The van der Waals surface area contributed by atoms with E-state index in [2.05, 4.69) is 21.7 Å². The number of aromatic nitrogens is 1. The third kappa shape index (κ3) is 1.83. The lowest BCUT2D eigenvalue weighted by molar-refractivity contribution is -0.116. The minimum atomic E-state index is 0.0452. The molecule has 2 aromatic heterocycles. The van der Waals surface area contributed by atoms with Crippen LogP contribution in [0.4, 0.5) is 10.9 Å². The number of anilines is 2. The molecule has 6 heteroatoms. The van der Waals surface area contributed by atoms with Crippen molar-refractivity contribution >= 4 is 39.5 Å². The van der Waals surface area contributed by atoms with Gasteiger partial charge in [-0.2, -0.15) is 0 Å². The van der Waals surface area contributed by atoms with E-state index >= 15 is 0 Å². The zero-order valence-corrected chi connectivity index (χ0v) is 10.8. The molecule has 88 valence electrons. The molecular weight excluding hydrogens is 254 g/mol. The lowest BCUT2D eigenvalue weighted by Crippen LogP contribution is -2.22. The van der Waals surface area contributed by atoms with Gasteiger partial charge in [0.15, 0.2) is 5.13 Å². The smallest absolute Gasteiger partial charge is 0.226 e. The van der Waals surface area contributed by atoms with Crippen LogP contribution in [-0.4, -0.2) is 17.9 Å². The Labute approximate surface area is 107 Å². The molecule has 17 heavy (non-hydrogen) atoms. The van der Waals surface area contributed by atoms with Crippen molar-refractivity contribution in [1.29, 1.82) is 0 Å². The highest BCUT2D eigenvalue weighted by Crippen LogP contribution is 2.43. The molecular formula is C11H11N3OS2. The van der Waals surface area contributed by atoms with Crippen molar-refractivity contribution in [2.75, 3.05) is 17.7 Å². The third-order valence-electron chi connectivity index (χ3n) is 2.72. The maximum absolute atomic E-state index is 11.7. The molecule has 0 saturated heterocycles. The van der Waals surface area contributed by atoms with Crippen molar-refractivity contribution in [1.82, 2.24) is 4.98 Å². The molecule has 0 bridgehead atoms. The quantitative estimate of drug-likeness (QED) is 0.878. The van der Waals surface area contributed by atoms with Gasteiger partial charge >= 0.3 is 0 Å². The number of thiophene rings is 1. The maximum atomic E-state index is 11.7. The van der Waals surface area contributed by atoms with E-state index in [1.165, 1.54) is 4.88 Å². The largest absolute Gasteiger partial charge is 0.365 e. The zero-order valence-electron chi connectivity index (χ0n) is 9.19. The summed E-state index contributed by atoms with van der Waals surface area (Å²) in [6, 6.07) is 4.10. The number of rotatable bonds is 2. The van der Waals surface area contributed by atoms with Gasteiger partial charge < -0.3 is 10.6 Å². The first kappa shape index (κ1) is 10.7. The van der Waals surface area contributed by atoms with Crippen LogP contribution in [0.3, 0.4) is 0 Å². The topological polar surface area (TPSA) is 54.0 Å².